The molecule has 0 bridgehead atoms. The lowest BCUT2D eigenvalue weighted by Crippen LogP contribution is -2.29. The fourth-order valence-corrected chi connectivity index (χ4v) is 2.25. The first-order valence-corrected chi connectivity index (χ1v) is 6.45. The number of rotatable bonds is 4. The number of hydrogen-bond donors (Lipinski definition) is 2. The molecule has 1 atom stereocenters. The van der Waals surface area contributed by atoms with Gasteiger partial charge in [-0.3, -0.25) is 11.3 Å². The van der Waals surface area contributed by atoms with Crippen LogP contribution in [0.15, 0.2) is 53.0 Å². The first-order valence-electron chi connectivity index (χ1n) is 5.65. The van der Waals surface area contributed by atoms with Crippen LogP contribution in [-0.2, 0) is 6.42 Å². The molecule has 0 saturated carbocycles. The molecule has 0 aliphatic rings. The van der Waals surface area contributed by atoms with Crippen molar-refractivity contribution in [1.82, 2.24) is 5.43 Å². The maximum atomic E-state index is 13.2. The summed E-state index contributed by atoms with van der Waals surface area (Å²) < 4.78 is 13.6. The lowest BCUT2D eigenvalue weighted by molar-refractivity contribution is 0.548. The summed E-state index contributed by atoms with van der Waals surface area (Å²) in [6.45, 7) is 0. The molecule has 0 aliphatic heterocycles. The molecule has 94 valence electrons. The quantitative estimate of drug-likeness (QED) is 0.671. The van der Waals surface area contributed by atoms with E-state index in [2.05, 4.69) is 21.4 Å². The third-order valence-corrected chi connectivity index (χ3v) is 3.44. The van der Waals surface area contributed by atoms with Gasteiger partial charge in [0.1, 0.15) is 5.82 Å². The highest BCUT2D eigenvalue weighted by Gasteiger charge is 2.12. The van der Waals surface area contributed by atoms with Gasteiger partial charge in [0.2, 0.25) is 0 Å². The van der Waals surface area contributed by atoms with E-state index in [-0.39, 0.29) is 11.9 Å². The molecule has 2 aromatic rings. The summed E-state index contributed by atoms with van der Waals surface area (Å²) in [5, 5.41) is 0. The van der Waals surface area contributed by atoms with E-state index in [1.54, 1.807) is 12.1 Å². The number of benzene rings is 2. The molecule has 0 amide bonds. The summed E-state index contributed by atoms with van der Waals surface area (Å²) >= 11 is 3.19. The molecule has 0 heterocycles. The number of nitrogens with two attached hydrogens (primary N) is 1. The Hall–Kier alpha value is -1.23. The van der Waals surface area contributed by atoms with Crippen molar-refractivity contribution >= 4 is 15.9 Å². The zero-order valence-electron chi connectivity index (χ0n) is 9.74. The van der Waals surface area contributed by atoms with Crippen molar-refractivity contribution in [3.63, 3.8) is 0 Å². The number of hydrazine groups is 1. The van der Waals surface area contributed by atoms with Crippen molar-refractivity contribution in [2.24, 2.45) is 5.84 Å². The fourth-order valence-electron chi connectivity index (χ4n) is 1.85. The lowest BCUT2D eigenvalue weighted by Gasteiger charge is -2.17. The molecular weight excluding hydrogens is 295 g/mol. The van der Waals surface area contributed by atoms with Gasteiger partial charge in [-0.2, -0.15) is 0 Å². The van der Waals surface area contributed by atoms with Crippen LogP contribution in [0.5, 0.6) is 0 Å². The van der Waals surface area contributed by atoms with E-state index < -0.39 is 0 Å². The van der Waals surface area contributed by atoms with Gasteiger partial charge in [-0.15, -0.1) is 0 Å². The fraction of sp³-hybridized carbons (Fsp3) is 0.143. The van der Waals surface area contributed by atoms with Crippen LogP contribution in [-0.4, -0.2) is 0 Å². The van der Waals surface area contributed by atoms with Gasteiger partial charge in [0.25, 0.3) is 0 Å². The Labute approximate surface area is 114 Å². The SMILES string of the molecule is NNC(Cc1ccccc1)c1ccc(F)c(Br)c1. The molecule has 0 aliphatic carbocycles. The molecule has 0 fully saturated rings. The van der Waals surface area contributed by atoms with Crippen molar-refractivity contribution in [2.45, 2.75) is 12.5 Å². The molecule has 2 nitrogen and oxygen atoms in total. The second-order valence-corrected chi connectivity index (χ2v) is 4.94. The van der Waals surface area contributed by atoms with Crippen molar-refractivity contribution in [3.8, 4) is 0 Å². The highest BCUT2D eigenvalue weighted by atomic mass is 79.9. The van der Waals surface area contributed by atoms with E-state index in [9.17, 15) is 4.39 Å². The van der Waals surface area contributed by atoms with E-state index in [1.165, 1.54) is 11.6 Å². The van der Waals surface area contributed by atoms with Crippen molar-refractivity contribution < 1.29 is 4.39 Å². The van der Waals surface area contributed by atoms with E-state index in [0.717, 1.165) is 12.0 Å². The Kier molecular flexibility index (Phi) is 4.47. The standard InChI is InChI=1S/C14H14BrFN2/c15-12-9-11(6-7-13(12)16)14(18-17)8-10-4-2-1-3-5-10/h1-7,9,14,18H,8,17H2. The number of halogens is 2. The molecule has 4 heteroatoms. The predicted octanol–water partition coefficient (Wildman–Crippen LogP) is 3.34. The van der Waals surface area contributed by atoms with Crippen LogP contribution in [0.2, 0.25) is 0 Å². The van der Waals surface area contributed by atoms with E-state index in [4.69, 9.17) is 5.84 Å². The highest BCUT2D eigenvalue weighted by molar-refractivity contribution is 9.10. The Morgan fingerprint density at radius 3 is 2.50 bits per heavy atom. The lowest BCUT2D eigenvalue weighted by atomic mass is 9.99. The molecule has 2 rings (SSSR count). The third-order valence-electron chi connectivity index (χ3n) is 2.83. The molecule has 0 aromatic heterocycles. The average molecular weight is 309 g/mol. The van der Waals surface area contributed by atoms with Crippen LogP contribution in [0.3, 0.4) is 0 Å². The zero-order valence-corrected chi connectivity index (χ0v) is 11.3. The smallest absolute Gasteiger partial charge is 0.137 e. The zero-order chi connectivity index (χ0) is 13.0. The van der Waals surface area contributed by atoms with Crippen molar-refractivity contribution in [2.75, 3.05) is 0 Å². The van der Waals surface area contributed by atoms with Crippen LogP contribution in [0.4, 0.5) is 4.39 Å². The van der Waals surface area contributed by atoms with Gasteiger partial charge in [0.05, 0.1) is 10.5 Å². The summed E-state index contributed by atoms with van der Waals surface area (Å²) in [6.07, 6.45) is 0.759. The van der Waals surface area contributed by atoms with Gasteiger partial charge in [-0.1, -0.05) is 36.4 Å². The first kappa shape index (κ1) is 13.2. The Bertz CT molecular complexity index is 516. The Morgan fingerprint density at radius 1 is 1.17 bits per heavy atom. The topological polar surface area (TPSA) is 38.0 Å². The molecule has 0 radical (unpaired) electrons. The molecular formula is C14H14BrFN2. The second-order valence-electron chi connectivity index (χ2n) is 4.08. The number of nitrogens with one attached hydrogen (secondary N) is 1. The van der Waals surface area contributed by atoms with Gasteiger partial charge < -0.3 is 0 Å². The van der Waals surface area contributed by atoms with Gasteiger partial charge in [-0.05, 0) is 45.6 Å². The normalized spacial score (nSPS) is 12.4. The van der Waals surface area contributed by atoms with Crippen molar-refractivity contribution in [3.05, 3.63) is 69.9 Å². The molecule has 0 spiro atoms. The molecule has 3 N–H and O–H groups in total. The third kappa shape index (κ3) is 3.16. The van der Waals surface area contributed by atoms with Crippen LogP contribution < -0.4 is 11.3 Å². The minimum atomic E-state index is -0.269. The van der Waals surface area contributed by atoms with Crippen LogP contribution in [0, 0.1) is 5.82 Å². The Balaban J connectivity index is 2.20. The van der Waals surface area contributed by atoms with E-state index in [1.807, 2.05) is 30.3 Å². The summed E-state index contributed by atoms with van der Waals surface area (Å²) in [6, 6.07) is 14.9. The maximum Gasteiger partial charge on any atom is 0.137 e. The van der Waals surface area contributed by atoms with Gasteiger partial charge in [0, 0.05) is 0 Å². The second kappa shape index (κ2) is 6.09. The number of hydrogen-bond acceptors (Lipinski definition) is 2. The monoisotopic (exact) mass is 308 g/mol. The summed E-state index contributed by atoms with van der Waals surface area (Å²) in [5.41, 5.74) is 4.90. The summed E-state index contributed by atoms with van der Waals surface area (Å²) in [4.78, 5) is 0. The van der Waals surface area contributed by atoms with Crippen molar-refractivity contribution in [1.29, 1.82) is 0 Å². The molecule has 18 heavy (non-hydrogen) atoms. The van der Waals surface area contributed by atoms with Gasteiger partial charge in [0.15, 0.2) is 0 Å². The molecule has 2 aromatic carbocycles. The predicted molar refractivity (Wildman–Crippen MR) is 74.3 cm³/mol. The summed E-state index contributed by atoms with van der Waals surface area (Å²) in [5.74, 6) is 5.31. The summed E-state index contributed by atoms with van der Waals surface area (Å²) in [7, 11) is 0. The highest BCUT2D eigenvalue weighted by Crippen LogP contribution is 2.23. The average Bonchev–Trinajstić information content (AvgIpc) is 2.40. The van der Waals surface area contributed by atoms with E-state index in [0.29, 0.717) is 4.47 Å². The van der Waals surface area contributed by atoms with Crippen LogP contribution in [0.1, 0.15) is 17.2 Å². The minimum Gasteiger partial charge on any atom is -0.271 e. The molecule has 0 saturated heterocycles. The maximum absolute atomic E-state index is 13.2. The molecule has 1 unspecified atom stereocenters. The minimum absolute atomic E-state index is 0.0377. The van der Waals surface area contributed by atoms with E-state index >= 15 is 0 Å². The largest absolute Gasteiger partial charge is 0.271 e. The van der Waals surface area contributed by atoms with Crippen LogP contribution in [0.25, 0.3) is 0 Å². The first-order chi connectivity index (χ1) is 8.70. The van der Waals surface area contributed by atoms with Gasteiger partial charge >= 0.3 is 0 Å². The van der Waals surface area contributed by atoms with Crippen LogP contribution >= 0.6 is 15.9 Å². The Morgan fingerprint density at radius 2 is 1.89 bits per heavy atom. The van der Waals surface area contributed by atoms with Gasteiger partial charge in [-0.25, -0.2) is 4.39 Å².